The average Bonchev–Trinajstić information content (AvgIpc) is 2.53. The summed E-state index contributed by atoms with van der Waals surface area (Å²) in [7, 11) is 0. The fourth-order valence-corrected chi connectivity index (χ4v) is 1.84. The quantitative estimate of drug-likeness (QED) is 0.389. The number of para-hydroxylation sites is 1. The number of nitrogens with zero attached hydrogens (tertiary/aromatic N) is 2. The molecule has 0 aliphatic rings. The van der Waals surface area contributed by atoms with Crippen molar-refractivity contribution in [3.05, 3.63) is 75.8 Å². The molecule has 0 aliphatic carbocycles. The van der Waals surface area contributed by atoms with E-state index in [0.717, 1.165) is 12.5 Å². The predicted molar refractivity (Wildman–Crippen MR) is 84.9 cm³/mol. The van der Waals surface area contributed by atoms with Crippen molar-refractivity contribution in [1.29, 1.82) is 0 Å². The van der Waals surface area contributed by atoms with Gasteiger partial charge in [0.05, 0.1) is 10.6 Å². The van der Waals surface area contributed by atoms with E-state index in [1.54, 1.807) is 30.3 Å². The van der Waals surface area contributed by atoms with Crippen molar-refractivity contribution in [2.24, 2.45) is 5.16 Å². The molecule has 0 fully saturated rings. The monoisotopic (exact) mass is 316 g/mol. The normalized spacial score (nSPS) is 10.4. The number of nitro groups is 1. The van der Waals surface area contributed by atoms with Gasteiger partial charge < -0.3 is 10.3 Å². The Hall–Kier alpha value is -3.22. The molecule has 0 unspecified atom stereocenters. The van der Waals surface area contributed by atoms with E-state index in [1.165, 1.54) is 6.07 Å². The Labute approximate surface area is 132 Å². The van der Waals surface area contributed by atoms with E-state index in [1.807, 2.05) is 18.2 Å². The summed E-state index contributed by atoms with van der Waals surface area (Å²) in [5, 5.41) is 30.7. The van der Waals surface area contributed by atoms with Gasteiger partial charge >= 0.3 is 0 Å². The highest BCUT2D eigenvalue weighted by molar-refractivity contribution is 6.01. The first-order valence-corrected chi connectivity index (χ1v) is 6.64. The number of aliphatic carboxylic acids is 1. The van der Waals surface area contributed by atoms with Gasteiger partial charge in [-0.3, -0.25) is 14.9 Å². The molecule has 0 bridgehead atoms. The molecule has 0 spiro atoms. The van der Waals surface area contributed by atoms with Crippen LogP contribution < -0.4 is 0 Å². The molecule has 0 saturated heterocycles. The van der Waals surface area contributed by atoms with E-state index < -0.39 is 10.9 Å². The molecule has 120 valence electrons. The maximum atomic E-state index is 10.9. The SMILES string of the molecule is CC(=O)O.O=[N+]([O-])c1ccccc1C/C(=N\O)c1ccccc1. The first kappa shape index (κ1) is 17.8. The molecule has 2 aromatic carbocycles. The number of carbonyl (C=O) groups is 1. The van der Waals surface area contributed by atoms with Gasteiger partial charge in [0.15, 0.2) is 0 Å². The largest absolute Gasteiger partial charge is 0.481 e. The summed E-state index contributed by atoms with van der Waals surface area (Å²) in [6.45, 7) is 1.08. The summed E-state index contributed by atoms with van der Waals surface area (Å²) in [5.74, 6) is -0.833. The Morgan fingerprint density at radius 3 is 2.17 bits per heavy atom. The maximum absolute atomic E-state index is 10.9. The zero-order chi connectivity index (χ0) is 17.2. The van der Waals surface area contributed by atoms with Crippen LogP contribution in [0.4, 0.5) is 5.69 Å². The smallest absolute Gasteiger partial charge is 0.300 e. The molecule has 0 aliphatic heterocycles. The average molecular weight is 316 g/mol. The van der Waals surface area contributed by atoms with Gasteiger partial charge in [0.2, 0.25) is 0 Å². The van der Waals surface area contributed by atoms with Gasteiger partial charge in [0.25, 0.3) is 11.7 Å². The van der Waals surface area contributed by atoms with Crippen molar-refractivity contribution in [2.75, 3.05) is 0 Å². The molecule has 0 atom stereocenters. The van der Waals surface area contributed by atoms with E-state index in [0.29, 0.717) is 11.3 Å². The fraction of sp³-hybridized carbons (Fsp3) is 0.125. The molecule has 23 heavy (non-hydrogen) atoms. The lowest BCUT2D eigenvalue weighted by molar-refractivity contribution is -0.385. The summed E-state index contributed by atoms with van der Waals surface area (Å²) >= 11 is 0. The van der Waals surface area contributed by atoms with E-state index in [4.69, 9.17) is 15.1 Å². The van der Waals surface area contributed by atoms with Crippen LogP contribution in [-0.4, -0.2) is 26.9 Å². The number of carboxylic acids is 1. The van der Waals surface area contributed by atoms with Crippen LogP contribution in [0, 0.1) is 10.1 Å². The number of hydrogen-bond acceptors (Lipinski definition) is 5. The minimum absolute atomic E-state index is 0.0274. The van der Waals surface area contributed by atoms with Crippen molar-refractivity contribution in [3.63, 3.8) is 0 Å². The van der Waals surface area contributed by atoms with Gasteiger partial charge in [-0.25, -0.2) is 0 Å². The maximum Gasteiger partial charge on any atom is 0.300 e. The second-order valence-corrected chi connectivity index (χ2v) is 4.49. The van der Waals surface area contributed by atoms with Crippen LogP contribution in [0.3, 0.4) is 0 Å². The highest BCUT2D eigenvalue weighted by Gasteiger charge is 2.15. The van der Waals surface area contributed by atoms with E-state index in [-0.39, 0.29) is 12.1 Å². The molecule has 2 rings (SSSR count). The standard InChI is InChI=1S/C14H12N2O3.C2H4O2/c17-15-13(11-6-2-1-3-7-11)10-12-8-4-5-9-14(12)16(18)19;1-2(3)4/h1-9,17H,10H2;1H3,(H,3,4)/b15-13+;. The molecule has 7 nitrogen and oxygen atoms in total. The number of carboxylic acid groups (broad SMARTS) is 1. The highest BCUT2D eigenvalue weighted by Crippen LogP contribution is 2.20. The Morgan fingerprint density at radius 2 is 1.65 bits per heavy atom. The van der Waals surface area contributed by atoms with E-state index in [9.17, 15) is 10.1 Å². The number of hydrogen-bond donors (Lipinski definition) is 2. The summed E-state index contributed by atoms with van der Waals surface area (Å²) in [6, 6.07) is 15.5. The van der Waals surface area contributed by atoms with Crippen molar-refractivity contribution < 1.29 is 20.0 Å². The molecule has 0 amide bonds. The Bertz CT molecular complexity index is 695. The lowest BCUT2D eigenvalue weighted by Crippen LogP contribution is -2.07. The van der Waals surface area contributed by atoms with Crippen LogP contribution in [0.15, 0.2) is 59.8 Å². The summed E-state index contributed by atoms with van der Waals surface area (Å²) in [6.07, 6.45) is 0.206. The molecule has 0 heterocycles. The van der Waals surface area contributed by atoms with Gasteiger partial charge in [-0.1, -0.05) is 53.7 Å². The Kier molecular flexibility index (Phi) is 6.93. The second-order valence-electron chi connectivity index (χ2n) is 4.49. The van der Waals surface area contributed by atoms with Crippen LogP contribution >= 0.6 is 0 Å². The molecule has 2 aromatic rings. The summed E-state index contributed by atoms with van der Waals surface area (Å²) in [4.78, 5) is 19.5. The lowest BCUT2D eigenvalue weighted by Gasteiger charge is -2.05. The van der Waals surface area contributed by atoms with Crippen LogP contribution in [0.1, 0.15) is 18.1 Å². The van der Waals surface area contributed by atoms with Gasteiger partial charge in [-0.2, -0.15) is 0 Å². The van der Waals surface area contributed by atoms with Gasteiger partial charge in [-0.05, 0) is 5.56 Å². The third-order valence-electron chi connectivity index (χ3n) is 2.77. The van der Waals surface area contributed by atoms with Crippen molar-refractivity contribution in [3.8, 4) is 0 Å². The molecule has 0 radical (unpaired) electrons. The molecular weight excluding hydrogens is 300 g/mol. The molecular formula is C16H16N2O5. The minimum Gasteiger partial charge on any atom is -0.481 e. The van der Waals surface area contributed by atoms with Crippen molar-refractivity contribution >= 4 is 17.4 Å². The zero-order valence-electron chi connectivity index (χ0n) is 12.4. The topological polar surface area (TPSA) is 113 Å². The van der Waals surface area contributed by atoms with E-state index in [2.05, 4.69) is 5.16 Å². The van der Waals surface area contributed by atoms with Crippen molar-refractivity contribution in [1.82, 2.24) is 0 Å². The highest BCUT2D eigenvalue weighted by atomic mass is 16.6. The number of nitro benzene ring substituents is 1. The second kappa shape index (κ2) is 8.93. The minimum atomic E-state index is -0.833. The number of rotatable bonds is 4. The summed E-state index contributed by atoms with van der Waals surface area (Å²) < 4.78 is 0. The Morgan fingerprint density at radius 1 is 1.13 bits per heavy atom. The zero-order valence-corrected chi connectivity index (χ0v) is 12.4. The predicted octanol–water partition coefficient (Wildman–Crippen LogP) is 3.11. The first-order valence-electron chi connectivity index (χ1n) is 6.64. The van der Waals surface area contributed by atoms with Crippen LogP contribution in [-0.2, 0) is 11.2 Å². The molecule has 0 saturated carbocycles. The lowest BCUT2D eigenvalue weighted by atomic mass is 10.0. The third kappa shape index (κ3) is 5.96. The molecule has 7 heteroatoms. The molecule has 0 aromatic heterocycles. The van der Waals surface area contributed by atoms with Crippen molar-refractivity contribution in [2.45, 2.75) is 13.3 Å². The van der Waals surface area contributed by atoms with Crippen LogP contribution in [0.5, 0.6) is 0 Å². The third-order valence-corrected chi connectivity index (χ3v) is 2.77. The van der Waals surface area contributed by atoms with Gasteiger partial charge in [0, 0.05) is 25.0 Å². The fourth-order valence-electron chi connectivity index (χ4n) is 1.84. The summed E-state index contributed by atoms with van der Waals surface area (Å²) in [5.41, 5.74) is 1.68. The van der Waals surface area contributed by atoms with Crippen LogP contribution in [0.25, 0.3) is 0 Å². The number of benzene rings is 2. The first-order chi connectivity index (χ1) is 11.0. The van der Waals surface area contributed by atoms with Gasteiger partial charge in [0.1, 0.15) is 0 Å². The van der Waals surface area contributed by atoms with E-state index >= 15 is 0 Å². The molecule has 2 N–H and O–H groups in total. The van der Waals surface area contributed by atoms with Gasteiger partial charge in [-0.15, -0.1) is 0 Å². The Balaban J connectivity index is 0.000000593. The number of oxime groups is 1. The van der Waals surface area contributed by atoms with Crippen LogP contribution in [0.2, 0.25) is 0 Å².